The van der Waals surface area contributed by atoms with Gasteiger partial charge in [0.2, 0.25) is 5.91 Å². The summed E-state index contributed by atoms with van der Waals surface area (Å²) in [4.78, 5) is 12.5. The van der Waals surface area contributed by atoms with Gasteiger partial charge in [0.1, 0.15) is 0 Å². The summed E-state index contributed by atoms with van der Waals surface area (Å²) in [6.45, 7) is 0. The predicted molar refractivity (Wildman–Crippen MR) is 78.7 cm³/mol. The number of hydrogen-bond donors (Lipinski definition) is 1. The van der Waals surface area contributed by atoms with Gasteiger partial charge in [-0.1, -0.05) is 18.2 Å². The first-order valence-corrected chi connectivity index (χ1v) is 8.04. The molecule has 110 valence electrons. The van der Waals surface area contributed by atoms with E-state index in [0.29, 0.717) is 11.3 Å². The summed E-state index contributed by atoms with van der Waals surface area (Å²) in [6.07, 6.45) is -4.36. The first-order valence-electron chi connectivity index (χ1n) is 6.11. The van der Waals surface area contributed by atoms with Gasteiger partial charge in [0.25, 0.3) is 0 Å². The van der Waals surface area contributed by atoms with Crippen LogP contribution in [0.4, 0.5) is 18.9 Å². The van der Waals surface area contributed by atoms with Gasteiger partial charge < -0.3 is 5.32 Å². The van der Waals surface area contributed by atoms with Crippen molar-refractivity contribution in [3.63, 3.8) is 0 Å². The normalized spacial score (nSPS) is 18.8. The van der Waals surface area contributed by atoms with E-state index < -0.39 is 11.7 Å². The van der Waals surface area contributed by atoms with Crippen LogP contribution < -0.4 is 5.32 Å². The Hall–Kier alpha value is -1.47. The lowest BCUT2D eigenvalue weighted by molar-refractivity contribution is -0.137. The number of nitrogens with one attached hydrogen (secondary N) is 1. The molecule has 0 radical (unpaired) electrons. The number of alkyl halides is 3. The molecule has 21 heavy (non-hydrogen) atoms. The number of thioether (sulfide) groups is 1. The van der Waals surface area contributed by atoms with Crippen molar-refractivity contribution in [2.45, 2.75) is 11.4 Å². The molecule has 2 nitrogen and oxygen atoms in total. The standard InChI is InChI=1S/C14H10F3NOS2/c15-14(16,17)9-3-1-2-8(6-9)12-13-10(4-5-20-13)18-11(19)7-21-12/h1-6,12H,7H2,(H,18,19)/t12-/m0/s1. The maximum Gasteiger partial charge on any atom is 0.416 e. The van der Waals surface area contributed by atoms with E-state index in [0.717, 1.165) is 17.0 Å². The number of carbonyl (C=O) groups excluding carboxylic acids is 1. The average molecular weight is 329 g/mol. The molecule has 0 spiro atoms. The largest absolute Gasteiger partial charge is 0.416 e. The van der Waals surface area contributed by atoms with Gasteiger partial charge in [-0.15, -0.1) is 23.1 Å². The van der Waals surface area contributed by atoms with Crippen LogP contribution in [0.2, 0.25) is 0 Å². The summed E-state index contributed by atoms with van der Waals surface area (Å²) in [6, 6.07) is 7.09. The smallest absolute Gasteiger partial charge is 0.324 e. The van der Waals surface area contributed by atoms with Crippen LogP contribution in [-0.2, 0) is 11.0 Å². The van der Waals surface area contributed by atoms with Gasteiger partial charge in [-0.05, 0) is 23.1 Å². The number of carbonyl (C=O) groups is 1. The Morgan fingerprint density at radius 1 is 1.24 bits per heavy atom. The molecule has 2 heterocycles. The average Bonchev–Trinajstić information content (AvgIpc) is 2.80. The zero-order valence-electron chi connectivity index (χ0n) is 10.6. The molecule has 0 unspecified atom stereocenters. The Bertz CT molecular complexity index is 681. The Morgan fingerprint density at radius 3 is 2.81 bits per heavy atom. The molecular formula is C14H10F3NOS2. The number of halogens is 3. The molecular weight excluding hydrogens is 319 g/mol. The highest BCUT2D eigenvalue weighted by molar-refractivity contribution is 8.00. The van der Waals surface area contributed by atoms with Crippen molar-refractivity contribution in [3.05, 3.63) is 51.7 Å². The Balaban J connectivity index is 2.03. The summed E-state index contributed by atoms with van der Waals surface area (Å²) >= 11 is 2.78. The van der Waals surface area contributed by atoms with Crippen LogP contribution in [0, 0.1) is 0 Å². The highest BCUT2D eigenvalue weighted by Crippen LogP contribution is 2.45. The Kier molecular flexibility index (Phi) is 3.71. The van der Waals surface area contributed by atoms with Crippen molar-refractivity contribution in [1.82, 2.24) is 0 Å². The third kappa shape index (κ3) is 2.94. The maximum absolute atomic E-state index is 12.8. The van der Waals surface area contributed by atoms with Gasteiger partial charge >= 0.3 is 6.18 Å². The molecule has 0 bridgehead atoms. The predicted octanol–water partition coefficient (Wildman–Crippen LogP) is 4.54. The molecule has 1 atom stereocenters. The van der Waals surface area contributed by atoms with Crippen molar-refractivity contribution in [1.29, 1.82) is 0 Å². The number of hydrogen-bond acceptors (Lipinski definition) is 3. The SMILES string of the molecule is O=C1CS[C@@H](c2cccc(C(F)(F)F)c2)c2sccc2N1. The van der Waals surface area contributed by atoms with E-state index in [4.69, 9.17) is 0 Å². The molecule has 0 saturated carbocycles. The quantitative estimate of drug-likeness (QED) is 0.832. The highest BCUT2D eigenvalue weighted by atomic mass is 32.2. The number of thiophene rings is 1. The minimum atomic E-state index is -4.36. The van der Waals surface area contributed by atoms with Crippen molar-refractivity contribution in [2.75, 3.05) is 11.1 Å². The fourth-order valence-corrected chi connectivity index (χ4v) is 4.41. The third-order valence-electron chi connectivity index (χ3n) is 3.11. The van der Waals surface area contributed by atoms with Crippen LogP contribution in [0.25, 0.3) is 0 Å². The van der Waals surface area contributed by atoms with Gasteiger partial charge in [0.15, 0.2) is 0 Å². The molecule has 2 aromatic rings. The van der Waals surface area contributed by atoms with E-state index in [-0.39, 0.29) is 16.9 Å². The zero-order valence-corrected chi connectivity index (χ0v) is 12.2. The Labute approximate surface area is 127 Å². The molecule has 3 rings (SSSR count). The second-order valence-corrected chi connectivity index (χ2v) is 6.60. The molecule has 1 aliphatic heterocycles. The summed E-state index contributed by atoms with van der Waals surface area (Å²) in [7, 11) is 0. The lowest BCUT2D eigenvalue weighted by atomic mass is 10.1. The number of anilines is 1. The molecule has 0 aliphatic carbocycles. The lowest BCUT2D eigenvalue weighted by Crippen LogP contribution is -2.11. The molecule has 1 N–H and O–H groups in total. The van der Waals surface area contributed by atoms with Gasteiger partial charge in [-0.25, -0.2) is 0 Å². The van der Waals surface area contributed by atoms with Crippen molar-refractivity contribution in [3.8, 4) is 0 Å². The minimum absolute atomic E-state index is 0.130. The zero-order chi connectivity index (χ0) is 15.0. The lowest BCUT2D eigenvalue weighted by Gasteiger charge is -2.16. The van der Waals surface area contributed by atoms with Crippen molar-refractivity contribution >= 4 is 34.7 Å². The summed E-state index contributed by atoms with van der Waals surface area (Å²) < 4.78 is 38.5. The van der Waals surface area contributed by atoms with Crippen LogP contribution >= 0.6 is 23.1 Å². The fraction of sp³-hybridized carbons (Fsp3) is 0.214. The van der Waals surface area contributed by atoms with Gasteiger partial charge in [0, 0.05) is 4.88 Å². The minimum Gasteiger partial charge on any atom is -0.324 e. The van der Waals surface area contributed by atoms with Crippen LogP contribution in [0.5, 0.6) is 0 Å². The summed E-state index contributed by atoms with van der Waals surface area (Å²) in [5.74, 6) is 0.0941. The Morgan fingerprint density at radius 2 is 2.05 bits per heavy atom. The van der Waals surface area contributed by atoms with Gasteiger partial charge in [-0.3, -0.25) is 4.79 Å². The second-order valence-electron chi connectivity index (χ2n) is 4.56. The molecule has 1 aromatic heterocycles. The number of rotatable bonds is 1. The second kappa shape index (κ2) is 5.38. The van der Waals surface area contributed by atoms with Crippen LogP contribution in [0.15, 0.2) is 35.7 Å². The van der Waals surface area contributed by atoms with Crippen LogP contribution in [0.1, 0.15) is 21.3 Å². The monoisotopic (exact) mass is 329 g/mol. The topological polar surface area (TPSA) is 29.1 Å². The van der Waals surface area contributed by atoms with Crippen LogP contribution in [0.3, 0.4) is 0 Å². The summed E-state index contributed by atoms with van der Waals surface area (Å²) in [5.41, 5.74) is 0.592. The highest BCUT2D eigenvalue weighted by Gasteiger charge is 2.32. The molecule has 0 saturated heterocycles. The maximum atomic E-state index is 12.8. The molecule has 1 aliphatic rings. The van der Waals surface area contributed by atoms with Crippen LogP contribution in [-0.4, -0.2) is 11.7 Å². The van der Waals surface area contributed by atoms with E-state index in [1.807, 2.05) is 5.38 Å². The van der Waals surface area contributed by atoms with E-state index in [9.17, 15) is 18.0 Å². The van der Waals surface area contributed by atoms with Gasteiger partial charge in [0.05, 0.1) is 22.3 Å². The van der Waals surface area contributed by atoms with Crippen molar-refractivity contribution in [2.24, 2.45) is 0 Å². The van der Waals surface area contributed by atoms with E-state index >= 15 is 0 Å². The molecule has 0 fully saturated rings. The summed E-state index contributed by atoms with van der Waals surface area (Å²) in [5, 5.41) is 4.34. The fourth-order valence-electron chi connectivity index (χ4n) is 2.17. The molecule has 7 heteroatoms. The third-order valence-corrected chi connectivity index (χ3v) is 5.51. The first kappa shape index (κ1) is 14.5. The van der Waals surface area contributed by atoms with Crippen molar-refractivity contribution < 1.29 is 18.0 Å². The number of amides is 1. The van der Waals surface area contributed by atoms with Gasteiger partial charge in [-0.2, -0.15) is 13.2 Å². The van der Waals surface area contributed by atoms with E-state index in [2.05, 4.69) is 5.32 Å². The van der Waals surface area contributed by atoms with E-state index in [1.165, 1.54) is 29.2 Å². The number of fused-ring (bicyclic) bond motifs is 1. The van der Waals surface area contributed by atoms with E-state index in [1.54, 1.807) is 12.1 Å². The first-order chi connectivity index (χ1) is 9.95. The number of benzene rings is 1. The molecule has 1 aromatic carbocycles. The molecule has 1 amide bonds.